The summed E-state index contributed by atoms with van der Waals surface area (Å²) < 4.78 is 4.92. The number of benzene rings is 6. The molecule has 266 valence electrons. The zero-order valence-corrected chi connectivity index (χ0v) is 31.8. The Morgan fingerprint density at radius 3 is 2.04 bits per heavy atom. The fourth-order valence-corrected chi connectivity index (χ4v) is 10.0. The lowest BCUT2D eigenvalue weighted by Gasteiger charge is -2.34. The Bertz CT molecular complexity index is 3010. The molecule has 0 amide bonds. The third kappa shape index (κ3) is 4.82. The van der Waals surface area contributed by atoms with Gasteiger partial charge >= 0.3 is 0 Å². The van der Waals surface area contributed by atoms with Crippen LogP contribution in [0.2, 0.25) is 0 Å². The number of aromatic nitrogens is 2. The van der Waals surface area contributed by atoms with Gasteiger partial charge in [0, 0.05) is 55.6 Å². The van der Waals surface area contributed by atoms with Crippen LogP contribution in [0.5, 0.6) is 0 Å². The van der Waals surface area contributed by atoms with Crippen LogP contribution in [0.3, 0.4) is 0 Å². The SMILES string of the molecule is Cc1cccc(-n2c3c(c4ccccc42)C=C(C2=CC=C4Nc5ccc(-c6ccc7c(c6)c6ccccc6n7-c6cccc(C)c6)cc5C4(C)C2)C(C)C3)c1. The predicted molar refractivity (Wildman–Crippen MR) is 232 cm³/mol. The summed E-state index contributed by atoms with van der Waals surface area (Å²) in [6.45, 7) is 9.21. The molecule has 1 aliphatic heterocycles. The average Bonchev–Trinajstić information content (AvgIpc) is 3.81. The van der Waals surface area contributed by atoms with Gasteiger partial charge in [-0.3, -0.25) is 0 Å². The summed E-state index contributed by atoms with van der Waals surface area (Å²) in [4.78, 5) is 0. The van der Waals surface area contributed by atoms with E-state index >= 15 is 0 Å². The predicted octanol–water partition coefficient (Wildman–Crippen LogP) is 13.2. The van der Waals surface area contributed by atoms with Crippen molar-refractivity contribution in [3.8, 4) is 22.5 Å². The van der Waals surface area contributed by atoms with E-state index in [1.165, 1.54) is 106 Å². The minimum atomic E-state index is -0.142. The Balaban J connectivity index is 0.977. The second-order valence-corrected chi connectivity index (χ2v) is 16.3. The zero-order chi connectivity index (χ0) is 37.0. The molecule has 6 aromatic carbocycles. The number of hydrogen-bond donors (Lipinski definition) is 1. The van der Waals surface area contributed by atoms with E-state index < -0.39 is 0 Å². The molecule has 0 saturated carbocycles. The van der Waals surface area contributed by atoms with Gasteiger partial charge in [0.2, 0.25) is 0 Å². The van der Waals surface area contributed by atoms with Crippen LogP contribution in [0.4, 0.5) is 5.69 Å². The average molecular weight is 710 g/mol. The molecule has 2 unspecified atom stereocenters. The van der Waals surface area contributed by atoms with E-state index in [9.17, 15) is 0 Å². The van der Waals surface area contributed by atoms with E-state index in [1.807, 2.05) is 0 Å². The Hall–Kier alpha value is -6.32. The number of aryl methyl sites for hydroxylation is 2. The van der Waals surface area contributed by atoms with Crippen molar-refractivity contribution < 1.29 is 0 Å². The summed E-state index contributed by atoms with van der Waals surface area (Å²) in [5.74, 6) is 0.402. The summed E-state index contributed by atoms with van der Waals surface area (Å²) in [5, 5.41) is 7.72. The van der Waals surface area contributed by atoms with Crippen LogP contribution in [0, 0.1) is 19.8 Å². The lowest BCUT2D eigenvalue weighted by atomic mass is 9.70. The molecule has 0 radical (unpaired) electrons. The number of allylic oxidation sites excluding steroid dienone is 5. The molecule has 2 aliphatic carbocycles. The molecule has 0 spiro atoms. The van der Waals surface area contributed by atoms with Gasteiger partial charge in [-0.1, -0.05) is 85.8 Å². The van der Waals surface area contributed by atoms with Crippen molar-refractivity contribution in [3.63, 3.8) is 0 Å². The standard InChI is InChI=1S/C52H43N3/c1-32-11-9-13-38(25-32)54-47-17-7-5-15-40(47)43-28-35(20-23-49(43)54)36-19-22-46-45(29-36)52(4)31-37(21-24-51(52)53-46)42-30-44-41-16-6-8-18-48(41)55(50(44)27-34(42)3)39-14-10-12-33(2)26-39/h5-26,28-30,34,53H,27,31H2,1-4H3. The Morgan fingerprint density at radius 1 is 0.618 bits per heavy atom. The van der Waals surface area contributed by atoms with Gasteiger partial charge in [-0.15, -0.1) is 0 Å². The molecule has 8 aromatic rings. The van der Waals surface area contributed by atoms with Crippen molar-refractivity contribution in [2.45, 2.75) is 46.0 Å². The normalized spacial score (nSPS) is 18.8. The maximum Gasteiger partial charge on any atom is 0.0541 e. The molecule has 3 nitrogen and oxygen atoms in total. The van der Waals surface area contributed by atoms with Gasteiger partial charge < -0.3 is 14.5 Å². The fraction of sp³-hybridized carbons (Fsp3) is 0.154. The lowest BCUT2D eigenvalue weighted by Crippen LogP contribution is -2.27. The molecule has 55 heavy (non-hydrogen) atoms. The monoisotopic (exact) mass is 709 g/mol. The van der Waals surface area contributed by atoms with Gasteiger partial charge in [-0.2, -0.15) is 0 Å². The highest BCUT2D eigenvalue weighted by Crippen LogP contribution is 2.53. The molecule has 2 aromatic heterocycles. The molecule has 0 fully saturated rings. The zero-order valence-electron chi connectivity index (χ0n) is 31.8. The van der Waals surface area contributed by atoms with Crippen molar-refractivity contribution in [2.75, 3.05) is 5.32 Å². The van der Waals surface area contributed by atoms with Crippen LogP contribution in [0.25, 0.3) is 61.3 Å². The smallest absolute Gasteiger partial charge is 0.0541 e. The van der Waals surface area contributed by atoms with Gasteiger partial charge in [0.1, 0.15) is 0 Å². The van der Waals surface area contributed by atoms with Crippen molar-refractivity contribution in [1.29, 1.82) is 0 Å². The first-order chi connectivity index (χ1) is 26.8. The quantitative estimate of drug-likeness (QED) is 0.193. The summed E-state index contributed by atoms with van der Waals surface area (Å²) in [6, 6.07) is 49.6. The number of para-hydroxylation sites is 2. The highest BCUT2D eigenvalue weighted by molar-refractivity contribution is 6.10. The van der Waals surface area contributed by atoms with E-state index in [1.54, 1.807) is 0 Å². The first kappa shape index (κ1) is 32.1. The van der Waals surface area contributed by atoms with Crippen LogP contribution in [0.1, 0.15) is 48.2 Å². The molecule has 3 heterocycles. The van der Waals surface area contributed by atoms with Crippen LogP contribution in [-0.4, -0.2) is 9.13 Å². The Morgan fingerprint density at radius 2 is 1.27 bits per heavy atom. The molecule has 2 atom stereocenters. The first-order valence-corrected chi connectivity index (χ1v) is 19.7. The van der Waals surface area contributed by atoms with E-state index in [0.29, 0.717) is 5.92 Å². The van der Waals surface area contributed by atoms with Gasteiger partial charge in [0.05, 0.1) is 16.6 Å². The Labute approximate surface area is 322 Å². The number of rotatable bonds is 4. The van der Waals surface area contributed by atoms with E-state index in [4.69, 9.17) is 0 Å². The van der Waals surface area contributed by atoms with Crippen LogP contribution in [-0.2, 0) is 11.8 Å². The molecule has 3 heteroatoms. The second kappa shape index (κ2) is 11.8. The van der Waals surface area contributed by atoms with E-state index in [0.717, 1.165) is 12.8 Å². The van der Waals surface area contributed by atoms with Crippen LogP contribution < -0.4 is 5.32 Å². The van der Waals surface area contributed by atoms with Crippen molar-refractivity contribution in [3.05, 3.63) is 190 Å². The number of fused-ring (bicyclic) bond motifs is 9. The largest absolute Gasteiger partial charge is 0.358 e. The van der Waals surface area contributed by atoms with E-state index in [-0.39, 0.29) is 5.41 Å². The van der Waals surface area contributed by atoms with Gasteiger partial charge in [-0.05, 0) is 151 Å². The highest BCUT2D eigenvalue weighted by Gasteiger charge is 2.42. The topological polar surface area (TPSA) is 21.9 Å². The third-order valence-corrected chi connectivity index (χ3v) is 12.7. The number of nitrogens with zero attached hydrogens (tertiary/aromatic N) is 2. The highest BCUT2D eigenvalue weighted by atomic mass is 15.0. The number of anilines is 1. The van der Waals surface area contributed by atoms with Crippen molar-refractivity contribution in [1.82, 2.24) is 9.13 Å². The third-order valence-electron chi connectivity index (χ3n) is 12.7. The van der Waals surface area contributed by atoms with Gasteiger partial charge in [0.25, 0.3) is 0 Å². The second-order valence-electron chi connectivity index (χ2n) is 16.3. The molecule has 0 bridgehead atoms. The maximum absolute atomic E-state index is 3.83. The summed E-state index contributed by atoms with van der Waals surface area (Å²) in [5.41, 5.74) is 20.7. The van der Waals surface area contributed by atoms with Crippen LogP contribution in [0.15, 0.2) is 162 Å². The maximum atomic E-state index is 3.83. The molecule has 0 saturated heterocycles. The fourth-order valence-electron chi connectivity index (χ4n) is 10.0. The minimum Gasteiger partial charge on any atom is -0.358 e. The lowest BCUT2D eigenvalue weighted by molar-refractivity contribution is 0.554. The summed E-state index contributed by atoms with van der Waals surface area (Å²) >= 11 is 0. The molecule has 3 aliphatic rings. The Kier molecular flexibility index (Phi) is 6.92. The molecular weight excluding hydrogens is 667 g/mol. The first-order valence-electron chi connectivity index (χ1n) is 19.7. The molecule has 11 rings (SSSR count). The van der Waals surface area contributed by atoms with Gasteiger partial charge in [-0.25, -0.2) is 0 Å². The summed E-state index contributed by atoms with van der Waals surface area (Å²) in [7, 11) is 0. The molecule has 1 N–H and O–H groups in total. The number of nitrogens with one attached hydrogen (secondary N) is 1. The molecular formula is C52H43N3. The van der Waals surface area contributed by atoms with Crippen molar-refractivity contribution >= 4 is 44.5 Å². The van der Waals surface area contributed by atoms with Gasteiger partial charge in [0.15, 0.2) is 0 Å². The van der Waals surface area contributed by atoms with E-state index in [2.05, 4.69) is 194 Å². The van der Waals surface area contributed by atoms with Crippen LogP contribution >= 0.6 is 0 Å². The van der Waals surface area contributed by atoms with Crippen molar-refractivity contribution in [2.24, 2.45) is 5.92 Å². The summed E-state index contributed by atoms with van der Waals surface area (Å²) in [6.07, 6.45) is 9.24. The minimum absolute atomic E-state index is 0.142. The number of hydrogen-bond acceptors (Lipinski definition) is 1.